The Bertz CT molecular complexity index is 757. The van der Waals surface area contributed by atoms with Crippen LogP contribution >= 0.6 is 11.3 Å². The summed E-state index contributed by atoms with van der Waals surface area (Å²) in [6.45, 7) is 2.03. The molecule has 21 heavy (non-hydrogen) atoms. The molecule has 0 fully saturated rings. The van der Waals surface area contributed by atoms with Gasteiger partial charge in [0.1, 0.15) is 0 Å². The number of nitrogens with zero attached hydrogens (tertiary/aromatic N) is 3. The van der Waals surface area contributed by atoms with Crippen molar-refractivity contribution in [1.29, 1.82) is 0 Å². The number of imidazole rings is 1. The van der Waals surface area contributed by atoms with E-state index in [4.69, 9.17) is 0 Å². The van der Waals surface area contributed by atoms with E-state index in [1.165, 1.54) is 5.56 Å². The Morgan fingerprint density at radius 3 is 3.00 bits per heavy atom. The number of aryl methyl sites for hydroxylation is 1. The summed E-state index contributed by atoms with van der Waals surface area (Å²) in [5.74, 6) is -0.177. The van der Waals surface area contributed by atoms with Crippen molar-refractivity contribution < 1.29 is 4.79 Å². The quantitative estimate of drug-likeness (QED) is 0.594. The predicted molar refractivity (Wildman–Crippen MR) is 83.7 cm³/mol. The Morgan fingerprint density at radius 1 is 1.43 bits per heavy atom. The van der Waals surface area contributed by atoms with E-state index in [9.17, 15) is 4.79 Å². The number of fused-ring (bicyclic) bond motifs is 1. The number of rotatable bonds is 4. The van der Waals surface area contributed by atoms with Gasteiger partial charge in [0.05, 0.1) is 18.3 Å². The first-order chi connectivity index (χ1) is 10.2. The largest absolute Gasteiger partial charge is 0.297 e. The van der Waals surface area contributed by atoms with E-state index >= 15 is 0 Å². The molecule has 3 rings (SSSR count). The number of thiazole rings is 1. The Labute approximate surface area is 126 Å². The number of amides is 1. The highest BCUT2D eigenvalue weighted by Crippen LogP contribution is 2.11. The molecule has 5 nitrogen and oxygen atoms in total. The number of hydrogen-bond acceptors (Lipinski definition) is 4. The monoisotopic (exact) mass is 298 g/mol. The maximum Gasteiger partial charge on any atom is 0.246 e. The minimum atomic E-state index is -0.177. The van der Waals surface area contributed by atoms with Crippen LogP contribution in [0.25, 0.3) is 4.96 Å². The van der Waals surface area contributed by atoms with Gasteiger partial charge in [-0.05, 0) is 12.5 Å². The van der Waals surface area contributed by atoms with Crippen LogP contribution in [-0.4, -0.2) is 21.5 Å². The maximum absolute atomic E-state index is 11.8. The average Bonchev–Trinajstić information content (AvgIpc) is 3.02. The maximum atomic E-state index is 11.8. The molecule has 0 saturated heterocycles. The van der Waals surface area contributed by atoms with Gasteiger partial charge in [0.2, 0.25) is 5.91 Å². The van der Waals surface area contributed by atoms with Crippen LogP contribution < -0.4 is 5.43 Å². The molecule has 0 bridgehead atoms. The van der Waals surface area contributed by atoms with E-state index in [0.29, 0.717) is 0 Å². The van der Waals surface area contributed by atoms with Crippen LogP contribution in [0.2, 0.25) is 0 Å². The summed E-state index contributed by atoms with van der Waals surface area (Å²) in [6.07, 6.45) is 5.63. The second kappa shape index (κ2) is 5.88. The van der Waals surface area contributed by atoms with Gasteiger partial charge >= 0.3 is 0 Å². The van der Waals surface area contributed by atoms with Gasteiger partial charge in [-0.1, -0.05) is 29.8 Å². The molecule has 0 unspecified atom stereocenters. The van der Waals surface area contributed by atoms with Gasteiger partial charge in [-0.3, -0.25) is 9.20 Å². The number of nitrogens with one attached hydrogen (secondary N) is 1. The highest BCUT2D eigenvalue weighted by Gasteiger charge is 2.07. The van der Waals surface area contributed by atoms with E-state index in [1.807, 2.05) is 53.4 Å². The summed E-state index contributed by atoms with van der Waals surface area (Å²) < 4.78 is 1.91. The topological polar surface area (TPSA) is 58.8 Å². The van der Waals surface area contributed by atoms with Crippen molar-refractivity contribution in [2.24, 2.45) is 5.10 Å². The van der Waals surface area contributed by atoms with Gasteiger partial charge in [0.15, 0.2) is 4.96 Å². The first-order valence-electron chi connectivity index (χ1n) is 6.50. The second-order valence-electron chi connectivity index (χ2n) is 4.71. The number of carbonyl (C=O) groups excluding carboxylic acids is 1. The van der Waals surface area contributed by atoms with Crippen molar-refractivity contribution in [1.82, 2.24) is 14.8 Å². The van der Waals surface area contributed by atoms with Crippen LogP contribution in [0.1, 0.15) is 16.8 Å². The second-order valence-corrected chi connectivity index (χ2v) is 5.58. The molecule has 1 N–H and O–H groups in total. The first-order valence-corrected chi connectivity index (χ1v) is 7.38. The number of hydrazone groups is 1. The van der Waals surface area contributed by atoms with Crippen molar-refractivity contribution >= 4 is 28.4 Å². The molecule has 0 aliphatic rings. The smallest absolute Gasteiger partial charge is 0.246 e. The molecule has 0 spiro atoms. The molecule has 0 aliphatic heterocycles. The van der Waals surface area contributed by atoms with E-state index < -0.39 is 0 Å². The highest BCUT2D eigenvalue weighted by molar-refractivity contribution is 7.15. The van der Waals surface area contributed by atoms with Crippen molar-refractivity contribution in [2.45, 2.75) is 13.3 Å². The SMILES string of the molecule is Cc1ccc(/C=N/NC(=O)Cc2cn3ccsc3n2)cc1. The molecule has 0 saturated carbocycles. The van der Waals surface area contributed by atoms with Crippen LogP contribution in [-0.2, 0) is 11.2 Å². The lowest BCUT2D eigenvalue weighted by Gasteiger charge is -1.97. The summed E-state index contributed by atoms with van der Waals surface area (Å²) in [4.78, 5) is 17.0. The summed E-state index contributed by atoms with van der Waals surface area (Å²) in [5, 5.41) is 5.91. The van der Waals surface area contributed by atoms with E-state index in [1.54, 1.807) is 17.6 Å². The standard InChI is InChI=1S/C15H14N4OS/c1-11-2-4-12(5-3-11)9-16-18-14(20)8-13-10-19-6-7-21-15(19)17-13/h2-7,9-10H,8H2,1H3,(H,18,20)/b16-9+. The Hall–Kier alpha value is -2.47. The minimum absolute atomic E-state index is 0.177. The lowest BCUT2D eigenvalue weighted by molar-refractivity contribution is -0.120. The van der Waals surface area contributed by atoms with Crippen LogP contribution in [0.3, 0.4) is 0 Å². The van der Waals surface area contributed by atoms with E-state index in [2.05, 4.69) is 15.5 Å². The zero-order chi connectivity index (χ0) is 14.7. The molecule has 1 aromatic carbocycles. The zero-order valence-electron chi connectivity index (χ0n) is 11.5. The van der Waals surface area contributed by atoms with Gasteiger partial charge in [-0.15, -0.1) is 11.3 Å². The zero-order valence-corrected chi connectivity index (χ0v) is 12.3. The third-order valence-electron chi connectivity index (χ3n) is 2.97. The van der Waals surface area contributed by atoms with Crippen molar-refractivity contribution in [3.63, 3.8) is 0 Å². The van der Waals surface area contributed by atoms with Gasteiger partial charge in [-0.2, -0.15) is 5.10 Å². The Morgan fingerprint density at radius 2 is 2.24 bits per heavy atom. The lowest BCUT2D eigenvalue weighted by atomic mass is 10.2. The number of carbonyl (C=O) groups is 1. The summed E-state index contributed by atoms with van der Waals surface area (Å²) in [6, 6.07) is 7.91. The number of benzene rings is 1. The third kappa shape index (κ3) is 3.35. The molecule has 6 heteroatoms. The van der Waals surface area contributed by atoms with Crippen LogP contribution in [0.4, 0.5) is 0 Å². The number of aromatic nitrogens is 2. The summed E-state index contributed by atoms with van der Waals surface area (Å²) in [7, 11) is 0. The van der Waals surface area contributed by atoms with Crippen LogP contribution in [0, 0.1) is 6.92 Å². The van der Waals surface area contributed by atoms with Crippen LogP contribution in [0.5, 0.6) is 0 Å². The van der Waals surface area contributed by atoms with E-state index in [-0.39, 0.29) is 12.3 Å². The van der Waals surface area contributed by atoms with Gasteiger partial charge < -0.3 is 0 Å². The summed E-state index contributed by atoms with van der Waals surface area (Å²) >= 11 is 1.54. The first kappa shape index (κ1) is 13.5. The highest BCUT2D eigenvalue weighted by atomic mass is 32.1. The number of hydrogen-bond donors (Lipinski definition) is 1. The van der Waals surface area contributed by atoms with E-state index in [0.717, 1.165) is 16.2 Å². The molecular weight excluding hydrogens is 284 g/mol. The summed E-state index contributed by atoms with van der Waals surface area (Å²) in [5.41, 5.74) is 5.39. The van der Waals surface area contributed by atoms with Crippen molar-refractivity contribution in [3.05, 3.63) is 58.9 Å². The molecule has 1 amide bonds. The molecule has 106 valence electrons. The minimum Gasteiger partial charge on any atom is -0.297 e. The fourth-order valence-corrected chi connectivity index (χ4v) is 2.62. The van der Waals surface area contributed by atoms with Gasteiger partial charge in [0.25, 0.3) is 0 Å². The third-order valence-corrected chi connectivity index (χ3v) is 3.74. The van der Waals surface area contributed by atoms with Crippen molar-refractivity contribution in [3.8, 4) is 0 Å². The normalized spacial score (nSPS) is 11.3. The molecule has 0 radical (unpaired) electrons. The molecule has 2 heterocycles. The fraction of sp³-hybridized carbons (Fsp3) is 0.133. The molecule has 2 aromatic heterocycles. The lowest BCUT2D eigenvalue weighted by Crippen LogP contribution is -2.19. The van der Waals surface area contributed by atoms with Crippen molar-refractivity contribution in [2.75, 3.05) is 0 Å². The van der Waals surface area contributed by atoms with Gasteiger partial charge in [0, 0.05) is 17.8 Å². The molecular formula is C15H14N4OS. The molecule has 0 atom stereocenters. The molecule has 0 aliphatic carbocycles. The Kier molecular flexibility index (Phi) is 3.79. The predicted octanol–water partition coefficient (Wildman–Crippen LogP) is 2.40. The van der Waals surface area contributed by atoms with Crippen LogP contribution in [0.15, 0.2) is 47.1 Å². The molecule has 3 aromatic rings. The Balaban J connectivity index is 1.56. The average molecular weight is 298 g/mol. The fourth-order valence-electron chi connectivity index (χ4n) is 1.90. The van der Waals surface area contributed by atoms with Gasteiger partial charge in [-0.25, -0.2) is 10.4 Å².